The monoisotopic (exact) mass is 989 g/mol. The minimum Gasteiger partial charge on any atom is -0.359 e. The van der Waals surface area contributed by atoms with Crippen LogP contribution in [0.1, 0.15) is 79.0 Å². The molecular formula is C55H50N6Pt-2. The van der Waals surface area contributed by atoms with E-state index in [0.717, 1.165) is 72.5 Å². The van der Waals surface area contributed by atoms with Crippen LogP contribution in [-0.4, -0.2) is 23.8 Å². The Morgan fingerprint density at radius 2 is 1.03 bits per heavy atom. The molecule has 312 valence electrons. The molecule has 0 bridgehead atoms. The van der Waals surface area contributed by atoms with E-state index in [-0.39, 0.29) is 37.3 Å². The second kappa shape index (κ2) is 15.1. The second-order valence-electron chi connectivity index (χ2n) is 19.4. The van der Waals surface area contributed by atoms with Gasteiger partial charge in [-0.3, -0.25) is 0 Å². The Bertz CT molecular complexity index is 3280. The molecule has 0 fully saturated rings. The summed E-state index contributed by atoms with van der Waals surface area (Å²) in [6.45, 7) is 20.3. The first-order chi connectivity index (χ1) is 29.1. The van der Waals surface area contributed by atoms with Gasteiger partial charge in [0.05, 0.1) is 5.69 Å². The third kappa shape index (κ3) is 7.09. The van der Waals surface area contributed by atoms with Crippen LogP contribution < -0.4 is 4.68 Å². The molecule has 6 aromatic carbocycles. The van der Waals surface area contributed by atoms with Crippen LogP contribution in [0, 0.1) is 18.5 Å². The molecule has 0 unspecified atom stereocenters. The minimum absolute atomic E-state index is 0. The van der Waals surface area contributed by atoms with E-state index < -0.39 is 0 Å². The standard InChI is InChI=1S/C55H50N6.Pt/c1-53(2,3)37-27-28-56-51(32-37)61-48-22-16-14-20-44(48)46-26-24-41(34-50(46)61)60-47-21-15-13-19-43(47)45-25-23-40(33-49(45)60)58-35-59(57-52(58)36-17-11-10-12-18-36)42-30-38(54(4,5)6)29-39(31-42)55(7,8)9;/h10-32H,1-9H3;/q-2;. The average Bonchev–Trinajstić information content (AvgIpc) is 3.93. The number of aromatic nitrogens is 6. The molecule has 0 aliphatic rings. The number of fused-ring (bicyclic) bond motifs is 6. The largest absolute Gasteiger partial charge is 0.359 e. The fourth-order valence-corrected chi connectivity index (χ4v) is 8.48. The zero-order valence-electron chi connectivity index (χ0n) is 36.8. The molecule has 4 heterocycles. The van der Waals surface area contributed by atoms with Crippen LogP contribution in [0.15, 0.2) is 140 Å². The Labute approximate surface area is 378 Å². The van der Waals surface area contributed by atoms with Crippen molar-refractivity contribution >= 4 is 43.6 Å². The van der Waals surface area contributed by atoms with Crippen LogP contribution >= 0.6 is 0 Å². The Morgan fingerprint density at radius 1 is 0.500 bits per heavy atom. The van der Waals surface area contributed by atoms with Crippen molar-refractivity contribution in [2.24, 2.45) is 0 Å². The summed E-state index contributed by atoms with van der Waals surface area (Å²) in [4.78, 5) is 4.94. The Kier molecular flexibility index (Phi) is 10.0. The molecule has 10 aromatic rings. The molecule has 0 aliphatic heterocycles. The predicted molar refractivity (Wildman–Crippen MR) is 250 cm³/mol. The van der Waals surface area contributed by atoms with E-state index >= 15 is 0 Å². The number of rotatable bonds is 5. The van der Waals surface area contributed by atoms with Crippen LogP contribution in [0.3, 0.4) is 0 Å². The van der Waals surface area contributed by atoms with Gasteiger partial charge in [0.25, 0.3) is 6.33 Å². The van der Waals surface area contributed by atoms with Gasteiger partial charge in [-0.2, -0.15) is 28.9 Å². The quantitative estimate of drug-likeness (QED) is 0.127. The van der Waals surface area contributed by atoms with Gasteiger partial charge in [0.15, 0.2) is 5.82 Å². The van der Waals surface area contributed by atoms with E-state index in [1.807, 2.05) is 16.9 Å². The molecular weight excluding hydrogens is 940 g/mol. The maximum absolute atomic E-state index is 5.27. The Morgan fingerprint density at radius 3 is 1.65 bits per heavy atom. The molecule has 0 saturated heterocycles. The molecule has 0 atom stereocenters. The molecule has 0 spiro atoms. The summed E-state index contributed by atoms with van der Waals surface area (Å²) in [6, 6.07) is 55.3. The number of nitrogens with zero attached hydrogens (tertiary/aromatic N) is 6. The van der Waals surface area contributed by atoms with Crippen molar-refractivity contribution in [2.75, 3.05) is 0 Å². The van der Waals surface area contributed by atoms with Crippen LogP contribution in [0.4, 0.5) is 0 Å². The Balaban J connectivity index is 0.00000490. The summed E-state index contributed by atoms with van der Waals surface area (Å²) in [5.74, 6) is 1.66. The average molecular weight is 990 g/mol. The summed E-state index contributed by atoms with van der Waals surface area (Å²) in [6.07, 6.45) is 5.60. The third-order valence-corrected chi connectivity index (χ3v) is 12.0. The normalized spacial score (nSPS) is 12.5. The Hall–Kier alpha value is -6.10. The number of benzene rings is 6. The molecule has 6 nitrogen and oxygen atoms in total. The van der Waals surface area contributed by atoms with Gasteiger partial charge < -0.3 is 13.7 Å². The van der Waals surface area contributed by atoms with E-state index in [0.29, 0.717) is 0 Å². The van der Waals surface area contributed by atoms with Crippen molar-refractivity contribution in [3.05, 3.63) is 175 Å². The topological polar surface area (TPSA) is 44.5 Å². The van der Waals surface area contributed by atoms with Crippen LogP contribution in [0.2, 0.25) is 0 Å². The summed E-state index contributed by atoms with van der Waals surface area (Å²) >= 11 is 0. The van der Waals surface area contributed by atoms with Crippen LogP contribution in [0.5, 0.6) is 0 Å². The number of hydrogen-bond acceptors (Lipinski definition) is 2. The second-order valence-corrected chi connectivity index (χ2v) is 19.4. The predicted octanol–water partition coefficient (Wildman–Crippen LogP) is 12.7. The SMILES string of the molecule is CC(C)(C)c1cc(-[n+]2[c-]n(-c3[c-]c4c(cc3)c3ccccc3n4-c3[c-]c4c(cc3)c3ccccc3n4-c3cc(C(C)(C)C)ccn3)c(-c3ccccc3)n2)cc(C(C)(C)C)c1.[Pt]. The molecule has 0 amide bonds. The van der Waals surface area contributed by atoms with E-state index in [2.05, 4.69) is 222 Å². The van der Waals surface area contributed by atoms with Crippen molar-refractivity contribution in [3.63, 3.8) is 0 Å². The van der Waals surface area contributed by atoms with Gasteiger partial charge in [-0.1, -0.05) is 170 Å². The maximum atomic E-state index is 5.27. The van der Waals surface area contributed by atoms with Crippen molar-refractivity contribution < 1.29 is 25.7 Å². The first kappa shape index (κ1) is 41.3. The van der Waals surface area contributed by atoms with Crippen molar-refractivity contribution in [3.8, 4) is 34.3 Å². The van der Waals surface area contributed by atoms with Crippen molar-refractivity contribution in [1.29, 1.82) is 0 Å². The number of hydrogen-bond donors (Lipinski definition) is 0. The summed E-state index contributed by atoms with van der Waals surface area (Å²) in [5.41, 5.74) is 11.5. The zero-order chi connectivity index (χ0) is 42.4. The van der Waals surface area contributed by atoms with Crippen LogP contribution in [-0.2, 0) is 37.3 Å². The van der Waals surface area contributed by atoms with Gasteiger partial charge in [-0.25, -0.2) is 4.98 Å². The molecule has 0 N–H and O–H groups in total. The number of pyridine rings is 1. The summed E-state index contributed by atoms with van der Waals surface area (Å²) in [5, 5.41) is 9.82. The zero-order valence-corrected chi connectivity index (χ0v) is 39.1. The van der Waals surface area contributed by atoms with Gasteiger partial charge in [0.1, 0.15) is 5.82 Å². The fraction of sp³-hybridized carbons (Fsp3) is 0.218. The first-order valence-corrected chi connectivity index (χ1v) is 21.2. The molecule has 62 heavy (non-hydrogen) atoms. The molecule has 4 aromatic heterocycles. The molecule has 7 heteroatoms. The van der Waals surface area contributed by atoms with Gasteiger partial charge in [-0.15, -0.1) is 28.0 Å². The van der Waals surface area contributed by atoms with E-state index in [9.17, 15) is 0 Å². The maximum Gasteiger partial charge on any atom is 0.272 e. The molecule has 0 aliphatic carbocycles. The smallest absolute Gasteiger partial charge is 0.272 e. The van der Waals surface area contributed by atoms with Gasteiger partial charge >= 0.3 is 0 Å². The van der Waals surface area contributed by atoms with E-state index in [1.165, 1.54) is 22.1 Å². The van der Waals surface area contributed by atoms with Gasteiger partial charge in [0.2, 0.25) is 0 Å². The van der Waals surface area contributed by atoms with Gasteiger partial charge in [0, 0.05) is 43.9 Å². The third-order valence-electron chi connectivity index (χ3n) is 12.0. The van der Waals surface area contributed by atoms with Crippen molar-refractivity contribution in [1.82, 2.24) is 23.8 Å². The summed E-state index contributed by atoms with van der Waals surface area (Å²) < 4.78 is 8.52. The van der Waals surface area contributed by atoms with E-state index in [1.54, 1.807) is 0 Å². The molecule has 0 radical (unpaired) electrons. The number of para-hydroxylation sites is 2. The first-order valence-electron chi connectivity index (χ1n) is 21.2. The van der Waals surface area contributed by atoms with Gasteiger partial charge in [-0.05, 0) is 68.0 Å². The molecule has 10 rings (SSSR count). The minimum atomic E-state index is -0.0466. The summed E-state index contributed by atoms with van der Waals surface area (Å²) in [7, 11) is 0. The fourth-order valence-electron chi connectivity index (χ4n) is 8.48. The molecule has 0 saturated carbocycles. The van der Waals surface area contributed by atoms with Crippen LogP contribution in [0.25, 0.3) is 77.9 Å². The van der Waals surface area contributed by atoms with Crippen molar-refractivity contribution in [2.45, 2.75) is 78.6 Å². The van der Waals surface area contributed by atoms with E-state index in [4.69, 9.17) is 10.1 Å².